The number of piperazine rings is 1. The molecule has 25 heavy (non-hydrogen) atoms. The summed E-state index contributed by atoms with van der Waals surface area (Å²) in [6.45, 7) is 9.82. The molecular weight excluding hydrogens is 332 g/mol. The fourth-order valence-corrected chi connectivity index (χ4v) is 5.17. The molecule has 1 aliphatic heterocycles. The van der Waals surface area contributed by atoms with Gasteiger partial charge in [-0.3, -0.25) is 9.69 Å². The number of rotatable bonds is 5. The monoisotopic (exact) mass is 360 g/mol. The second-order valence-electron chi connectivity index (χ2n) is 7.10. The van der Waals surface area contributed by atoms with Crippen LogP contribution in [0.2, 0.25) is 0 Å². The van der Waals surface area contributed by atoms with Crippen LogP contribution in [-0.4, -0.2) is 55.0 Å². The van der Waals surface area contributed by atoms with Gasteiger partial charge in [0.2, 0.25) is 5.91 Å². The molecule has 1 aliphatic carbocycles. The van der Waals surface area contributed by atoms with Gasteiger partial charge in [-0.2, -0.15) is 5.26 Å². The zero-order valence-corrected chi connectivity index (χ0v) is 16.1. The van der Waals surface area contributed by atoms with Crippen LogP contribution in [0.1, 0.15) is 42.7 Å². The summed E-state index contributed by atoms with van der Waals surface area (Å²) >= 11 is 1.62. The van der Waals surface area contributed by atoms with Gasteiger partial charge in [-0.25, -0.2) is 0 Å². The van der Waals surface area contributed by atoms with Crippen LogP contribution in [0.25, 0.3) is 0 Å². The van der Waals surface area contributed by atoms with Crippen LogP contribution in [0.15, 0.2) is 0 Å². The molecule has 3 rings (SSSR count). The van der Waals surface area contributed by atoms with Crippen molar-refractivity contribution in [2.75, 3.05) is 44.6 Å². The minimum Gasteiger partial charge on any atom is -0.315 e. The summed E-state index contributed by atoms with van der Waals surface area (Å²) in [6.07, 6.45) is 4.37. The number of likely N-dealkylation sites (N-methyl/N-ethyl adjacent to an activating group) is 1. The summed E-state index contributed by atoms with van der Waals surface area (Å²) in [6, 6.07) is 2.33. The van der Waals surface area contributed by atoms with E-state index in [0.717, 1.165) is 62.9 Å². The highest BCUT2D eigenvalue weighted by Gasteiger charge is 2.26. The smallest absolute Gasteiger partial charge is 0.239 e. The van der Waals surface area contributed by atoms with Crippen LogP contribution in [0.5, 0.6) is 0 Å². The second-order valence-corrected chi connectivity index (χ2v) is 8.20. The molecule has 1 amide bonds. The van der Waals surface area contributed by atoms with E-state index in [2.05, 4.69) is 35.0 Å². The lowest BCUT2D eigenvalue weighted by molar-refractivity contribution is -0.117. The minimum absolute atomic E-state index is 0.00656. The number of fused-ring (bicyclic) bond motifs is 1. The van der Waals surface area contributed by atoms with Crippen molar-refractivity contribution in [1.29, 1.82) is 5.26 Å². The Morgan fingerprint density at radius 3 is 2.64 bits per heavy atom. The van der Waals surface area contributed by atoms with E-state index in [-0.39, 0.29) is 5.91 Å². The van der Waals surface area contributed by atoms with E-state index in [1.54, 1.807) is 11.3 Å². The number of carbonyl (C=O) groups excluding carboxylic acids is 1. The van der Waals surface area contributed by atoms with Gasteiger partial charge in [0.05, 0.1) is 12.1 Å². The molecule has 0 aromatic carbocycles. The van der Waals surface area contributed by atoms with Gasteiger partial charge in [-0.15, -0.1) is 11.3 Å². The second kappa shape index (κ2) is 8.31. The van der Waals surface area contributed by atoms with Crippen LogP contribution in [-0.2, 0) is 17.6 Å². The highest BCUT2D eigenvalue weighted by atomic mass is 32.1. The number of hydrogen-bond donors (Lipinski definition) is 1. The lowest BCUT2D eigenvalue weighted by atomic mass is 9.86. The largest absolute Gasteiger partial charge is 0.315 e. The molecule has 5 nitrogen and oxygen atoms in total. The Kier molecular flexibility index (Phi) is 6.10. The van der Waals surface area contributed by atoms with Gasteiger partial charge in [0, 0.05) is 31.1 Å². The molecule has 2 heterocycles. The lowest BCUT2D eigenvalue weighted by Gasteiger charge is -2.33. The van der Waals surface area contributed by atoms with Crippen LogP contribution >= 0.6 is 11.3 Å². The number of anilines is 1. The molecule has 136 valence electrons. The molecule has 6 heteroatoms. The molecule has 0 radical (unpaired) electrons. The topological polar surface area (TPSA) is 59.4 Å². The van der Waals surface area contributed by atoms with E-state index in [1.165, 1.54) is 16.9 Å². The fraction of sp³-hybridized carbons (Fsp3) is 0.684. The Hall–Kier alpha value is -1.42. The number of thiophene rings is 1. The van der Waals surface area contributed by atoms with Gasteiger partial charge in [-0.1, -0.05) is 20.3 Å². The molecule has 0 bridgehead atoms. The molecule has 1 aromatic rings. The minimum atomic E-state index is 0.00656. The van der Waals surface area contributed by atoms with Gasteiger partial charge in [-0.05, 0) is 37.3 Å². The standard InChI is InChI=1S/C19H28N4OS/c1-3-14-5-6-15-16(12-20)19(25-17(15)11-14)21-18(24)13-23-9-7-22(4-2)8-10-23/h14H,3-11,13H2,1-2H3,(H,21,24)/t14-/m0/s1. The maximum Gasteiger partial charge on any atom is 0.239 e. The third kappa shape index (κ3) is 4.22. The third-order valence-corrected chi connectivity index (χ3v) is 6.76. The molecular formula is C19H28N4OS. The SMILES string of the molecule is CC[C@H]1CCc2c(sc(NC(=O)CN3CCN(CC)CC3)c2C#N)C1. The van der Waals surface area contributed by atoms with Gasteiger partial charge in [0.1, 0.15) is 11.1 Å². The molecule has 1 aromatic heterocycles. The van der Waals surface area contributed by atoms with Crippen LogP contribution < -0.4 is 5.32 Å². The highest BCUT2D eigenvalue weighted by molar-refractivity contribution is 7.16. The fourth-order valence-electron chi connectivity index (χ4n) is 3.84. The number of hydrogen-bond acceptors (Lipinski definition) is 5. The Morgan fingerprint density at radius 1 is 1.28 bits per heavy atom. The number of nitrogens with zero attached hydrogens (tertiary/aromatic N) is 3. The first-order chi connectivity index (χ1) is 12.1. The van der Waals surface area contributed by atoms with Crippen molar-refractivity contribution in [1.82, 2.24) is 9.80 Å². The molecule has 0 spiro atoms. The lowest BCUT2D eigenvalue weighted by Crippen LogP contribution is -2.48. The van der Waals surface area contributed by atoms with Crippen molar-refractivity contribution in [3.8, 4) is 6.07 Å². The predicted molar refractivity (Wildman–Crippen MR) is 102 cm³/mol. The zero-order chi connectivity index (χ0) is 17.8. The average molecular weight is 361 g/mol. The van der Waals surface area contributed by atoms with E-state index in [1.807, 2.05) is 0 Å². The first-order valence-corrected chi connectivity index (χ1v) is 10.2. The number of nitrogens with one attached hydrogen (secondary N) is 1. The molecule has 1 fully saturated rings. The van der Waals surface area contributed by atoms with E-state index in [4.69, 9.17) is 0 Å². The van der Waals surface area contributed by atoms with E-state index in [9.17, 15) is 10.1 Å². The normalized spacial score (nSPS) is 21.6. The first kappa shape index (κ1) is 18.4. The molecule has 1 atom stereocenters. The quantitative estimate of drug-likeness (QED) is 0.877. The van der Waals surface area contributed by atoms with Crippen molar-refractivity contribution in [2.24, 2.45) is 5.92 Å². The Labute approximate surface area is 154 Å². The predicted octanol–water partition coefficient (Wildman–Crippen LogP) is 2.71. The van der Waals surface area contributed by atoms with Gasteiger partial charge in [0.15, 0.2) is 0 Å². The van der Waals surface area contributed by atoms with Gasteiger partial charge < -0.3 is 10.2 Å². The van der Waals surface area contributed by atoms with Gasteiger partial charge >= 0.3 is 0 Å². The number of carbonyl (C=O) groups is 1. The number of nitriles is 1. The van der Waals surface area contributed by atoms with Crippen molar-refractivity contribution in [3.05, 3.63) is 16.0 Å². The molecule has 0 saturated carbocycles. The van der Waals surface area contributed by atoms with Crippen LogP contribution in [0.4, 0.5) is 5.00 Å². The summed E-state index contributed by atoms with van der Waals surface area (Å²) in [7, 11) is 0. The molecule has 2 aliphatic rings. The molecule has 0 unspecified atom stereocenters. The van der Waals surface area contributed by atoms with Crippen LogP contribution in [0, 0.1) is 17.2 Å². The van der Waals surface area contributed by atoms with Crippen molar-refractivity contribution in [2.45, 2.75) is 39.5 Å². The van der Waals surface area contributed by atoms with E-state index < -0.39 is 0 Å². The van der Waals surface area contributed by atoms with E-state index >= 15 is 0 Å². The highest BCUT2D eigenvalue weighted by Crippen LogP contribution is 2.39. The summed E-state index contributed by atoms with van der Waals surface area (Å²) in [5.74, 6) is 0.725. The molecule has 1 N–H and O–H groups in total. The summed E-state index contributed by atoms with van der Waals surface area (Å²) in [5.41, 5.74) is 1.89. The van der Waals surface area contributed by atoms with Crippen LogP contribution in [0.3, 0.4) is 0 Å². The van der Waals surface area contributed by atoms with Crippen molar-refractivity contribution in [3.63, 3.8) is 0 Å². The Morgan fingerprint density at radius 2 is 2.00 bits per heavy atom. The zero-order valence-electron chi connectivity index (χ0n) is 15.3. The average Bonchev–Trinajstić information content (AvgIpc) is 2.97. The van der Waals surface area contributed by atoms with Gasteiger partial charge in [0.25, 0.3) is 0 Å². The maximum atomic E-state index is 12.5. The molecule has 1 saturated heterocycles. The summed E-state index contributed by atoms with van der Waals surface area (Å²) in [5, 5.41) is 13.4. The summed E-state index contributed by atoms with van der Waals surface area (Å²) in [4.78, 5) is 18.4. The first-order valence-electron chi connectivity index (χ1n) is 9.43. The third-order valence-electron chi connectivity index (χ3n) is 5.59. The number of amides is 1. The maximum absolute atomic E-state index is 12.5. The Bertz CT molecular complexity index is 655. The van der Waals surface area contributed by atoms with Crippen molar-refractivity contribution < 1.29 is 4.79 Å². The Balaban J connectivity index is 1.62. The van der Waals surface area contributed by atoms with Crippen molar-refractivity contribution >= 4 is 22.2 Å². The van der Waals surface area contributed by atoms with E-state index in [0.29, 0.717) is 12.1 Å². The summed E-state index contributed by atoms with van der Waals surface area (Å²) < 4.78 is 0.